The van der Waals surface area contributed by atoms with E-state index in [2.05, 4.69) is 9.97 Å². The van der Waals surface area contributed by atoms with E-state index < -0.39 is 0 Å². The third kappa shape index (κ3) is 2.04. The number of halogens is 1. The van der Waals surface area contributed by atoms with Crippen LogP contribution in [0.3, 0.4) is 0 Å². The fourth-order valence-corrected chi connectivity index (χ4v) is 2.11. The molecule has 0 saturated heterocycles. The van der Waals surface area contributed by atoms with Gasteiger partial charge in [-0.15, -0.1) is 0 Å². The van der Waals surface area contributed by atoms with Gasteiger partial charge in [-0.1, -0.05) is 11.6 Å². The number of nitrogens with zero attached hydrogens (tertiary/aromatic N) is 2. The van der Waals surface area contributed by atoms with E-state index in [0.717, 1.165) is 22.4 Å². The molecule has 0 spiro atoms. The molecule has 0 unspecified atom stereocenters. The van der Waals surface area contributed by atoms with Crippen molar-refractivity contribution in [3.05, 3.63) is 40.7 Å². The zero-order chi connectivity index (χ0) is 13.6. The quantitative estimate of drug-likeness (QED) is 0.733. The van der Waals surface area contributed by atoms with Crippen LogP contribution in [0.25, 0.3) is 22.4 Å². The first-order chi connectivity index (χ1) is 9.04. The zero-order valence-corrected chi connectivity index (χ0v) is 11.3. The first-order valence-electron chi connectivity index (χ1n) is 5.85. The van der Waals surface area contributed by atoms with Crippen LogP contribution in [0.1, 0.15) is 11.4 Å². The minimum atomic E-state index is 0.369. The zero-order valence-electron chi connectivity index (χ0n) is 10.6. The Hall–Kier alpha value is -2.07. The molecule has 0 aliphatic rings. The summed E-state index contributed by atoms with van der Waals surface area (Å²) >= 11 is 5.96. The van der Waals surface area contributed by atoms with Crippen LogP contribution in [0.15, 0.2) is 28.7 Å². The smallest absolute Gasteiger partial charge is 0.157 e. The molecule has 3 aromatic rings. The minimum Gasteiger partial charge on any atom is -0.454 e. The van der Waals surface area contributed by atoms with Gasteiger partial charge in [0.15, 0.2) is 11.6 Å². The molecular formula is C14H12ClN3O. The highest BCUT2D eigenvalue weighted by Crippen LogP contribution is 2.31. The summed E-state index contributed by atoms with van der Waals surface area (Å²) in [6.45, 7) is 3.77. The van der Waals surface area contributed by atoms with E-state index in [-0.39, 0.29) is 0 Å². The lowest BCUT2D eigenvalue weighted by molar-refractivity contribution is 0.628. The molecule has 96 valence electrons. The van der Waals surface area contributed by atoms with Crippen molar-refractivity contribution in [3.8, 4) is 11.5 Å². The van der Waals surface area contributed by atoms with Crippen LogP contribution < -0.4 is 5.73 Å². The van der Waals surface area contributed by atoms with Crippen molar-refractivity contribution in [1.29, 1.82) is 0 Å². The first kappa shape index (κ1) is 12.0. The molecule has 2 N–H and O–H groups in total. The Kier molecular flexibility index (Phi) is 2.68. The third-order valence-electron chi connectivity index (χ3n) is 3.05. The van der Waals surface area contributed by atoms with Gasteiger partial charge < -0.3 is 10.2 Å². The van der Waals surface area contributed by atoms with Crippen LogP contribution in [0.5, 0.6) is 0 Å². The van der Waals surface area contributed by atoms with Crippen molar-refractivity contribution in [2.24, 2.45) is 0 Å². The minimum absolute atomic E-state index is 0.369. The Morgan fingerprint density at radius 1 is 1.11 bits per heavy atom. The molecule has 0 radical (unpaired) electrons. The van der Waals surface area contributed by atoms with Crippen molar-refractivity contribution < 1.29 is 4.42 Å². The second-order valence-corrected chi connectivity index (χ2v) is 4.86. The SMILES string of the molecule is Cc1nc(N)c(-c2cc3cc(Cl)ccc3o2)nc1C. The first-order valence-corrected chi connectivity index (χ1v) is 6.22. The molecule has 0 aliphatic carbocycles. The molecule has 0 saturated carbocycles. The highest BCUT2D eigenvalue weighted by molar-refractivity contribution is 6.31. The summed E-state index contributed by atoms with van der Waals surface area (Å²) in [7, 11) is 0. The van der Waals surface area contributed by atoms with E-state index >= 15 is 0 Å². The van der Waals surface area contributed by atoms with Crippen LogP contribution in [-0.4, -0.2) is 9.97 Å². The number of rotatable bonds is 1. The van der Waals surface area contributed by atoms with E-state index in [0.29, 0.717) is 22.3 Å². The molecule has 0 bridgehead atoms. The van der Waals surface area contributed by atoms with Crippen molar-refractivity contribution in [2.75, 3.05) is 5.73 Å². The second-order valence-electron chi connectivity index (χ2n) is 4.42. The van der Waals surface area contributed by atoms with Crippen molar-refractivity contribution in [2.45, 2.75) is 13.8 Å². The summed E-state index contributed by atoms with van der Waals surface area (Å²) < 4.78 is 5.74. The molecule has 19 heavy (non-hydrogen) atoms. The van der Waals surface area contributed by atoms with Gasteiger partial charge in [-0.2, -0.15) is 0 Å². The van der Waals surface area contributed by atoms with Crippen molar-refractivity contribution in [3.63, 3.8) is 0 Å². The number of aromatic nitrogens is 2. The Morgan fingerprint density at radius 3 is 2.63 bits per heavy atom. The summed E-state index contributed by atoms with van der Waals surface area (Å²) in [4.78, 5) is 8.71. The van der Waals surface area contributed by atoms with Gasteiger partial charge in [0.25, 0.3) is 0 Å². The summed E-state index contributed by atoms with van der Waals surface area (Å²) in [5.74, 6) is 0.971. The molecule has 2 heterocycles. The van der Waals surface area contributed by atoms with Gasteiger partial charge in [-0.3, -0.25) is 0 Å². The number of fused-ring (bicyclic) bond motifs is 1. The van der Waals surface area contributed by atoms with Crippen LogP contribution in [0.2, 0.25) is 5.02 Å². The van der Waals surface area contributed by atoms with Crippen LogP contribution in [-0.2, 0) is 0 Å². The lowest BCUT2D eigenvalue weighted by Crippen LogP contribution is -2.01. The van der Waals surface area contributed by atoms with Crippen molar-refractivity contribution in [1.82, 2.24) is 9.97 Å². The topological polar surface area (TPSA) is 64.9 Å². The fourth-order valence-electron chi connectivity index (χ4n) is 1.93. The summed E-state index contributed by atoms with van der Waals surface area (Å²) in [5.41, 5.74) is 8.88. The number of anilines is 1. The molecule has 0 amide bonds. The lowest BCUT2D eigenvalue weighted by atomic mass is 10.2. The highest BCUT2D eigenvalue weighted by Gasteiger charge is 2.13. The number of benzene rings is 1. The van der Waals surface area contributed by atoms with E-state index in [1.54, 1.807) is 6.07 Å². The summed E-state index contributed by atoms with van der Waals surface area (Å²) in [6, 6.07) is 7.32. The maximum atomic E-state index is 5.96. The Labute approximate surface area is 115 Å². The van der Waals surface area contributed by atoms with Gasteiger partial charge >= 0.3 is 0 Å². The van der Waals surface area contributed by atoms with Crippen LogP contribution in [0, 0.1) is 13.8 Å². The van der Waals surface area contributed by atoms with E-state index in [9.17, 15) is 0 Å². The number of aryl methyl sites for hydroxylation is 2. The molecule has 0 atom stereocenters. The number of hydrogen-bond acceptors (Lipinski definition) is 4. The molecule has 3 rings (SSSR count). The normalized spacial score (nSPS) is 11.1. The largest absolute Gasteiger partial charge is 0.454 e. The van der Waals surface area contributed by atoms with Crippen LogP contribution in [0.4, 0.5) is 5.82 Å². The average Bonchev–Trinajstić information content (AvgIpc) is 2.76. The summed E-state index contributed by atoms with van der Waals surface area (Å²) in [5, 5.41) is 1.58. The van der Waals surface area contributed by atoms with Crippen molar-refractivity contribution >= 4 is 28.4 Å². The van der Waals surface area contributed by atoms with Crippen LogP contribution >= 0.6 is 11.6 Å². The lowest BCUT2D eigenvalue weighted by Gasteiger charge is -2.04. The molecule has 5 heteroatoms. The highest BCUT2D eigenvalue weighted by atomic mass is 35.5. The number of nitrogen functional groups attached to an aromatic ring is 1. The number of furan rings is 1. The Balaban J connectivity index is 2.21. The van der Waals surface area contributed by atoms with Gasteiger partial charge in [-0.25, -0.2) is 9.97 Å². The average molecular weight is 274 g/mol. The van der Waals surface area contributed by atoms with Gasteiger partial charge in [0, 0.05) is 10.4 Å². The molecule has 0 fully saturated rings. The van der Waals surface area contributed by atoms with E-state index in [1.807, 2.05) is 32.0 Å². The van der Waals surface area contributed by atoms with Gasteiger partial charge in [0.1, 0.15) is 11.3 Å². The maximum absolute atomic E-state index is 5.96. The molecule has 4 nitrogen and oxygen atoms in total. The number of nitrogens with two attached hydrogens (primary N) is 1. The standard InChI is InChI=1S/C14H12ClN3O/c1-7-8(2)18-14(16)13(17-7)12-6-9-5-10(15)3-4-11(9)19-12/h3-6H,1-2H3,(H2,16,18). The summed E-state index contributed by atoms with van der Waals surface area (Å²) in [6.07, 6.45) is 0. The van der Waals surface area contributed by atoms with Gasteiger partial charge in [0.05, 0.1) is 11.4 Å². The second kappa shape index (κ2) is 4.24. The predicted octanol–water partition coefficient (Wildman–Crippen LogP) is 3.74. The van der Waals surface area contributed by atoms with Gasteiger partial charge in [-0.05, 0) is 38.1 Å². The predicted molar refractivity (Wildman–Crippen MR) is 76.1 cm³/mol. The van der Waals surface area contributed by atoms with E-state index in [4.69, 9.17) is 21.8 Å². The molecule has 1 aromatic carbocycles. The molecule has 2 aromatic heterocycles. The maximum Gasteiger partial charge on any atom is 0.157 e. The Morgan fingerprint density at radius 2 is 1.84 bits per heavy atom. The Bertz CT molecular complexity index is 780. The van der Waals surface area contributed by atoms with E-state index in [1.165, 1.54) is 0 Å². The molecular weight excluding hydrogens is 262 g/mol. The van der Waals surface area contributed by atoms with Gasteiger partial charge in [0.2, 0.25) is 0 Å². The molecule has 0 aliphatic heterocycles. The fraction of sp³-hybridized carbons (Fsp3) is 0.143. The monoisotopic (exact) mass is 273 g/mol. The third-order valence-corrected chi connectivity index (χ3v) is 3.28. The number of hydrogen-bond donors (Lipinski definition) is 1.